The first-order valence-electron chi connectivity index (χ1n) is 2.89. The van der Waals surface area contributed by atoms with Gasteiger partial charge in [-0.2, -0.15) is 0 Å². The lowest BCUT2D eigenvalue weighted by atomic mass is 10.4. The van der Waals surface area contributed by atoms with Crippen molar-refractivity contribution in [1.29, 1.82) is 0 Å². The second kappa shape index (κ2) is 4.29. The van der Waals surface area contributed by atoms with Crippen LogP contribution in [0.25, 0.3) is 0 Å². The molecule has 0 aromatic carbocycles. The highest BCUT2D eigenvalue weighted by Gasteiger charge is 2.06. The molecule has 0 fully saturated rings. The minimum absolute atomic E-state index is 0.333. The second-order valence-corrected chi connectivity index (χ2v) is 3.24. The molecule has 0 aromatic rings. The van der Waals surface area contributed by atoms with Gasteiger partial charge in [0.15, 0.2) is 0 Å². The van der Waals surface area contributed by atoms with E-state index in [1.165, 1.54) is 0 Å². The molecule has 2 atom stereocenters. The van der Waals surface area contributed by atoms with Crippen molar-refractivity contribution in [2.45, 2.75) is 19.7 Å². The van der Waals surface area contributed by atoms with Gasteiger partial charge in [0.1, 0.15) is 14.3 Å². The number of hydrogen-bond donors (Lipinski definition) is 0. The van der Waals surface area contributed by atoms with Crippen molar-refractivity contribution in [3.8, 4) is 0 Å². The Bertz CT molecular complexity index is 164. The second-order valence-electron chi connectivity index (χ2n) is 2.03. The van der Waals surface area contributed by atoms with E-state index in [0.29, 0.717) is 5.57 Å². The number of esters is 1. The van der Waals surface area contributed by atoms with Crippen LogP contribution in [0.1, 0.15) is 13.8 Å². The van der Waals surface area contributed by atoms with Crippen LogP contribution in [-0.2, 0) is 14.1 Å². The van der Waals surface area contributed by atoms with Crippen LogP contribution >= 0.6 is 8.46 Å². The molecule has 0 aliphatic heterocycles. The first-order chi connectivity index (χ1) is 4.57. The van der Waals surface area contributed by atoms with Gasteiger partial charge in [0, 0.05) is 5.57 Å². The van der Waals surface area contributed by atoms with E-state index in [2.05, 4.69) is 11.3 Å². The van der Waals surface area contributed by atoms with Gasteiger partial charge in [-0.15, -0.1) is 0 Å². The summed E-state index contributed by atoms with van der Waals surface area (Å²) in [5.41, 5.74) is 0.333. The molecule has 0 saturated heterocycles. The summed E-state index contributed by atoms with van der Waals surface area (Å²) in [5.74, 6) is -0.944. The highest BCUT2D eigenvalue weighted by molar-refractivity contribution is 7.24. The molecule has 0 rings (SSSR count). The number of ether oxygens (including phenoxy) is 1. The van der Waals surface area contributed by atoms with E-state index < -0.39 is 20.3 Å². The Labute approximate surface area is 61.3 Å². The molecule has 0 aromatic heterocycles. The van der Waals surface area contributed by atoms with Gasteiger partial charge in [-0.1, -0.05) is 6.58 Å². The quantitative estimate of drug-likeness (QED) is 0.356. The fourth-order valence-corrected chi connectivity index (χ4v) is 0.476. The largest absolute Gasteiger partial charge is 0.452 e. The third-order valence-electron chi connectivity index (χ3n) is 0.833. The molecule has 0 aliphatic carbocycles. The van der Waals surface area contributed by atoms with Crippen molar-refractivity contribution in [3.05, 3.63) is 12.2 Å². The van der Waals surface area contributed by atoms with Gasteiger partial charge in [0.2, 0.25) is 0 Å². The van der Waals surface area contributed by atoms with Gasteiger partial charge in [-0.25, -0.2) is 4.79 Å². The van der Waals surface area contributed by atoms with Crippen LogP contribution < -0.4 is 0 Å². The molecule has 0 radical (unpaired) electrons. The van der Waals surface area contributed by atoms with E-state index in [-0.39, 0.29) is 0 Å². The molecule has 0 N–H and O–H groups in total. The molecule has 0 amide bonds. The van der Waals surface area contributed by atoms with Crippen molar-refractivity contribution in [1.82, 2.24) is 0 Å². The van der Waals surface area contributed by atoms with Crippen molar-refractivity contribution in [3.63, 3.8) is 0 Å². The molecule has 58 valence electrons. The molecule has 0 aliphatic rings. The van der Waals surface area contributed by atoms with E-state index in [4.69, 9.17) is 0 Å². The maximum absolute atomic E-state index is 10.7. The van der Waals surface area contributed by atoms with Gasteiger partial charge < -0.3 is 9.30 Å². The van der Waals surface area contributed by atoms with Crippen LogP contribution in [0.15, 0.2) is 12.2 Å². The molecule has 3 nitrogen and oxygen atoms in total. The van der Waals surface area contributed by atoms with Crippen LogP contribution in [0.4, 0.5) is 0 Å². The third kappa shape index (κ3) is 3.46. The summed E-state index contributed by atoms with van der Waals surface area (Å²) in [7, 11) is -1.04. The lowest BCUT2D eigenvalue weighted by Crippen LogP contribution is -2.09. The van der Waals surface area contributed by atoms with Crippen molar-refractivity contribution in [2.75, 3.05) is 0 Å². The average molecular weight is 162 g/mol. The topological polar surface area (TPSA) is 43.4 Å². The fourth-order valence-electron chi connectivity index (χ4n) is 0.297. The number of carbonyl (C=O) groups excluding carboxylic acids is 1. The summed E-state index contributed by atoms with van der Waals surface area (Å²) in [6.45, 7) is 6.51. The smallest absolute Gasteiger partial charge is 0.333 e. The first-order valence-corrected chi connectivity index (χ1v) is 4.03. The molecule has 2 unspecified atom stereocenters. The van der Waals surface area contributed by atoms with E-state index in [0.717, 1.165) is 0 Å². The normalized spacial score (nSPS) is 13.4. The summed E-state index contributed by atoms with van der Waals surface area (Å²) in [6, 6.07) is 0. The maximum atomic E-state index is 10.7. The third-order valence-corrected chi connectivity index (χ3v) is 1.35. The van der Waals surface area contributed by atoms with E-state index in [9.17, 15) is 9.36 Å². The number of hydrogen-bond acceptors (Lipinski definition) is 3. The zero-order valence-corrected chi connectivity index (χ0v) is 7.24. The van der Waals surface area contributed by atoms with Crippen LogP contribution in [0, 0.1) is 0 Å². The Morgan fingerprint density at radius 3 is 2.50 bits per heavy atom. The Balaban J connectivity index is 3.79. The van der Waals surface area contributed by atoms with E-state index in [1.807, 2.05) is 0 Å². The zero-order valence-electron chi connectivity index (χ0n) is 6.09. The minimum Gasteiger partial charge on any atom is -0.452 e. The van der Waals surface area contributed by atoms with Crippen LogP contribution in [-0.4, -0.2) is 11.8 Å². The standard InChI is InChI=1S/C6H11O3P/c1-4(2)6(7)9-5(3)10-8/h5H,1,10H2,2-3H3. The average Bonchev–Trinajstić information content (AvgIpc) is 1.87. The Morgan fingerprint density at radius 2 is 2.20 bits per heavy atom. The molecule has 0 spiro atoms. The van der Waals surface area contributed by atoms with Crippen molar-refractivity contribution >= 4 is 14.4 Å². The molecule has 0 bridgehead atoms. The van der Waals surface area contributed by atoms with Gasteiger partial charge in [0.25, 0.3) is 0 Å². The highest BCUT2D eigenvalue weighted by Crippen LogP contribution is 2.08. The molecule has 4 heteroatoms. The van der Waals surface area contributed by atoms with Crippen LogP contribution in [0.2, 0.25) is 0 Å². The maximum Gasteiger partial charge on any atom is 0.333 e. The summed E-state index contributed by atoms with van der Waals surface area (Å²) < 4.78 is 14.8. The minimum atomic E-state index is -1.04. The summed E-state index contributed by atoms with van der Waals surface area (Å²) in [5, 5.41) is 0. The first kappa shape index (κ1) is 9.44. The monoisotopic (exact) mass is 162 g/mol. The van der Waals surface area contributed by atoms with E-state index in [1.54, 1.807) is 13.8 Å². The van der Waals surface area contributed by atoms with Gasteiger partial charge in [-0.05, 0) is 13.8 Å². The lowest BCUT2D eigenvalue weighted by Gasteiger charge is -2.05. The van der Waals surface area contributed by atoms with Crippen molar-refractivity contribution in [2.24, 2.45) is 0 Å². The lowest BCUT2D eigenvalue weighted by molar-refractivity contribution is -0.139. The molecular weight excluding hydrogens is 151 g/mol. The molecule has 10 heavy (non-hydrogen) atoms. The zero-order chi connectivity index (χ0) is 8.15. The fraction of sp³-hybridized carbons (Fsp3) is 0.500. The molecule has 0 heterocycles. The summed E-state index contributed by atoms with van der Waals surface area (Å²) in [4.78, 5) is 10.7. The van der Waals surface area contributed by atoms with E-state index >= 15 is 0 Å². The number of carbonyl (C=O) groups is 1. The summed E-state index contributed by atoms with van der Waals surface area (Å²) >= 11 is 0. The van der Waals surface area contributed by atoms with Gasteiger partial charge in [0.05, 0.1) is 0 Å². The van der Waals surface area contributed by atoms with Crippen molar-refractivity contribution < 1.29 is 14.1 Å². The van der Waals surface area contributed by atoms with Gasteiger partial charge in [-0.3, -0.25) is 0 Å². The Morgan fingerprint density at radius 1 is 1.70 bits per heavy atom. The molecule has 0 saturated carbocycles. The predicted octanol–water partition coefficient (Wildman–Crippen LogP) is 1.21. The highest BCUT2D eigenvalue weighted by atomic mass is 31.1. The predicted molar refractivity (Wildman–Crippen MR) is 40.8 cm³/mol. The Hall–Kier alpha value is -0.560. The molecular formula is C6H11O3P. The Kier molecular flexibility index (Phi) is 4.05. The van der Waals surface area contributed by atoms with Gasteiger partial charge >= 0.3 is 5.97 Å². The summed E-state index contributed by atoms with van der Waals surface area (Å²) in [6.07, 6.45) is 0. The SMILES string of the molecule is C=C(C)C(=O)OC(C)[PH2]=O. The van der Waals surface area contributed by atoms with Crippen LogP contribution in [0.5, 0.6) is 0 Å². The number of rotatable bonds is 3. The van der Waals surface area contributed by atoms with Crippen LogP contribution in [0.3, 0.4) is 0 Å².